The van der Waals surface area contributed by atoms with Gasteiger partial charge in [-0.25, -0.2) is 0 Å². The highest BCUT2D eigenvalue weighted by atomic mass is 35.5. The Morgan fingerprint density at radius 2 is 1.79 bits per heavy atom. The first-order valence-corrected chi connectivity index (χ1v) is 8.78. The van der Waals surface area contributed by atoms with E-state index in [0.717, 1.165) is 4.90 Å². The lowest BCUT2D eigenvalue weighted by atomic mass is 10.2. The Kier molecular flexibility index (Phi) is 6.82. The molecule has 1 N–H and O–H groups in total. The van der Waals surface area contributed by atoms with E-state index >= 15 is 0 Å². The molecule has 0 heterocycles. The summed E-state index contributed by atoms with van der Waals surface area (Å²) in [5.41, 5.74) is 0.674. The molecule has 0 bridgehead atoms. The molecule has 0 aliphatic heterocycles. The first kappa shape index (κ1) is 18.5. The highest BCUT2D eigenvalue weighted by molar-refractivity contribution is 8.00. The second-order valence-corrected chi connectivity index (χ2v) is 6.74. The lowest BCUT2D eigenvalue weighted by Gasteiger charge is -2.16. The van der Waals surface area contributed by atoms with E-state index < -0.39 is 0 Å². The molecule has 2 aromatic carbocycles. The number of rotatable bonds is 7. The third kappa shape index (κ3) is 4.82. The van der Waals surface area contributed by atoms with E-state index in [2.05, 4.69) is 5.32 Å². The molecule has 0 spiro atoms. The van der Waals surface area contributed by atoms with Crippen molar-refractivity contribution in [2.24, 2.45) is 0 Å². The number of carbonyl (C=O) groups excluding carboxylic acids is 1. The summed E-state index contributed by atoms with van der Waals surface area (Å²) in [5.74, 6) is 1.15. The largest absolute Gasteiger partial charge is 0.493 e. The molecule has 2 rings (SSSR count). The summed E-state index contributed by atoms with van der Waals surface area (Å²) in [7, 11) is 3.14. The summed E-state index contributed by atoms with van der Waals surface area (Å²) >= 11 is 7.41. The number of hydrogen-bond donors (Lipinski definition) is 1. The van der Waals surface area contributed by atoms with Crippen molar-refractivity contribution in [1.82, 2.24) is 0 Å². The van der Waals surface area contributed by atoms with Crippen LogP contribution in [0.4, 0.5) is 5.69 Å². The average Bonchev–Trinajstić information content (AvgIpc) is 2.60. The molecule has 0 radical (unpaired) electrons. The highest BCUT2D eigenvalue weighted by Crippen LogP contribution is 2.31. The first-order valence-electron chi connectivity index (χ1n) is 7.52. The van der Waals surface area contributed by atoms with Crippen LogP contribution < -0.4 is 14.8 Å². The number of anilines is 1. The van der Waals surface area contributed by atoms with Crippen LogP contribution in [-0.4, -0.2) is 25.4 Å². The van der Waals surface area contributed by atoms with Gasteiger partial charge in [-0.15, -0.1) is 11.8 Å². The first-order chi connectivity index (χ1) is 11.6. The van der Waals surface area contributed by atoms with E-state index in [1.165, 1.54) is 11.8 Å². The van der Waals surface area contributed by atoms with Crippen LogP contribution >= 0.6 is 23.4 Å². The summed E-state index contributed by atoms with van der Waals surface area (Å²) in [4.78, 5) is 13.5. The number of nitrogens with one attached hydrogen (secondary N) is 1. The van der Waals surface area contributed by atoms with Gasteiger partial charge in [0.05, 0.1) is 19.5 Å². The van der Waals surface area contributed by atoms with Crippen molar-refractivity contribution in [3.8, 4) is 11.5 Å². The Morgan fingerprint density at radius 3 is 2.38 bits per heavy atom. The second kappa shape index (κ2) is 8.85. The smallest absolute Gasteiger partial charge is 0.237 e. The Bertz CT molecular complexity index is 691. The van der Waals surface area contributed by atoms with Crippen molar-refractivity contribution in [2.45, 2.75) is 23.5 Å². The predicted octanol–water partition coefficient (Wildman–Crippen LogP) is 4.87. The molecule has 0 aliphatic carbocycles. The third-order valence-corrected chi connectivity index (χ3v) is 5.03. The van der Waals surface area contributed by atoms with Gasteiger partial charge in [0.1, 0.15) is 0 Å². The number of benzene rings is 2. The van der Waals surface area contributed by atoms with Crippen LogP contribution in [0.15, 0.2) is 47.4 Å². The monoisotopic (exact) mass is 365 g/mol. The molecular formula is C18H20ClNO3S. The molecular weight excluding hydrogens is 346 g/mol. The van der Waals surface area contributed by atoms with Crippen molar-refractivity contribution in [2.75, 3.05) is 19.5 Å². The standard InChI is InChI=1S/C18H20ClNO3S/c1-4-17(24-14-8-5-12(19)6-9-14)18(21)20-13-7-10-15(22-2)16(11-13)23-3/h5-11,17H,4H2,1-3H3,(H,20,21)/t17-/m0/s1. The Hall–Kier alpha value is -1.85. The molecule has 0 aromatic heterocycles. The van der Waals surface area contributed by atoms with Gasteiger partial charge in [0.2, 0.25) is 5.91 Å². The molecule has 128 valence electrons. The van der Waals surface area contributed by atoms with E-state index in [1.54, 1.807) is 32.4 Å². The minimum absolute atomic E-state index is 0.0512. The van der Waals surface area contributed by atoms with E-state index in [-0.39, 0.29) is 11.2 Å². The van der Waals surface area contributed by atoms with Crippen LogP contribution in [0.5, 0.6) is 11.5 Å². The van der Waals surface area contributed by atoms with Crippen LogP contribution in [0, 0.1) is 0 Å². The fourth-order valence-corrected chi connectivity index (χ4v) is 3.22. The maximum Gasteiger partial charge on any atom is 0.237 e. The maximum atomic E-state index is 12.5. The van der Waals surface area contributed by atoms with Gasteiger partial charge in [-0.05, 0) is 42.8 Å². The zero-order valence-electron chi connectivity index (χ0n) is 13.8. The fourth-order valence-electron chi connectivity index (χ4n) is 2.14. The van der Waals surface area contributed by atoms with Gasteiger partial charge in [0.15, 0.2) is 11.5 Å². The highest BCUT2D eigenvalue weighted by Gasteiger charge is 2.18. The number of thioether (sulfide) groups is 1. The minimum atomic E-state index is -0.195. The van der Waals surface area contributed by atoms with Crippen LogP contribution in [-0.2, 0) is 4.79 Å². The summed E-state index contributed by atoms with van der Waals surface area (Å²) in [6.07, 6.45) is 0.715. The van der Waals surface area contributed by atoms with Crippen LogP contribution in [0.25, 0.3) is 0 Å². The predicted molar refractivity (Wildman–Crippen MR) is 99.6 cm³/mol. The minimum Gasteiger partial charge on any atom is -0.493 e. The van der Waals surface area contributed by atoms with Crippen molar-refractivity contribution < 1.29 is 14.3 Å². The Morgan fingerprint density at radius 1 is 1.12 bits per heavy atom. The van der Waals surface area contributed by atoms with Crippen LogP contribution in [0.2, 0.25) is 5.02 Å². The zero-order valence-corrected chi connectivity index (χ0v) is 15.4. The quantitative estimate of drug-likeness (QED) is 0.711. The number of methoxy groups -OCH3 is 2. The number of halogens is 1. The Balaban J connectivity index is 2.07. The van der Waals surface area contributed by atoms with Gasteiger partial charge in [-0.3, -0.25) is 4.79 Å². The summed E-state index contributed by atoms with van der Waals surface area (Å²) < 4.78 is 10.5. The number of ether oxygens (including phenoxy) is 2. The van der Waals surface area contributed by atoms with E-state index in [0.29, 0.717) is 28.6 Å². The van der Waals surface area contributed by atoms with Crippen molar-refractivity contribution >= 4 is 35.0 Å². The molecule has 6 heteroatoms. The topological polar surface area (TPSA) is 47.6 Å². The van der Waals surface area contributed by atoms with Gasteiger partial charge in [-0.2, -0.15) is 0 Å². The average molecular weight is 366 g/mol. The van der Waals surface area contributed by atoms with Crippen LogP contribution in [0.1, 0.15) is 13.3 Å². The molecule has 24 heavy (non-hydrogen) atoms. The van der Waals surface area contributed by atoms with E-state index in [9.17, 15) is 4.79 Å². The van der Waals surface area contributed by atoms with Gasteiger partial charge >= 0.3 is 0 Å². The summed E-state index contributed by atoms with van der Waals surface area (Å²) in [6.45, 7) is 1.99. The summed E-state index contributed by atoms with van der Waals surface area (Å²) in [6, 6.07) is 12.8. The maximum absolute atomic E-state index is 12.5. The van der Waals surface area contributed by atoms with Gasteiger partial charge in [-0.1, -0.05) is 18.5 Å². The molecule has 4 nitrogen and oxygen atoms in total. The molecule has 0 unspecified atom stereocenters. The van der Waals surface area contributed by atoms with E-state index in [4.69, 9.17) is 21.1 Å². The summed E-state index contributed by atoms with van der Waals surface area (Å²) in [5, 5.41) is 3.42. The van der Waals surface area contributed by atoms with Crippen molar-refractivity contribution in [3.05, 3.63) is 47.5 Å². The molecule has 0 fully saturated rings. The number of carbonyl (C=O) groups is 1. The third-order valence-electron chi connectivity index (χ3n) is 3.41. The number of hydrogen-bond acceptors (Lipinski definition) is 4. The lowest BCUT2D eigenvalue weighted by molar-refractivity contribution is -0.115. The van der Waals surface area contributed by atoms with E-state index in [1.807, 2.05) is 31.2 Å². The van der Waals surface area contributed by atoms with Gasteiger partial charge in [0.25, 0.3) is 0 Å². The molecule has 1 atom stereocenters. The molecule has 0 saturated carbocycles. The second-order valence-electron chi connectivity index (χ2n) is 5.03. The molecule has 0 saturated heterocycles. The SMILES string of the molecule is CC[C@H](Sc1ccc(Cl)cc1)C(=O)Nc1ccc(OC)c(OC)c1. The Labute approximate surface area is 151 Å². The van der Waals surface area contributed by atoms with Crippen molar-refractivity contribution in [1.29, 1.82) is 0 Å². The number of amides is 1. The van der Waals surface area contributed by atoms with Crippen LogP contribution in [0.3, 0.4) is 0 Å². The van der Waals surface area contributed by atoms with Gasteiger partial charge < -0.3 is 14.8 Å². The molecule has 1 amide bonds. The van der Waals surface area contributed by atoms with Gasteiger partial charge in [0, 0.05) is 21.7 Å². The molecule has 0 aliphatic rings. The zero-order chi connectivity index (χ0) is 17.5. The lowest BCUT2D eigenvalue weighted by Crippen LogP contribution is -2.24. The fraction of sp³-hybridized carbons (Fsp3) is 0.278. The van der Waals surface area contributed by atoms with Crippen molar-refractivity contribution in [3.63, 3.8) is 0 Å². The molecule has 2 aromatic rings. The normalized spacial score (nSPS) is 11.7.